The largest absolute Gasteiger partial charge is 0.496 e. The zero-order valence-corrected chi connectivity index (χ0v) is 20.6. The van der Waals surface area contributed by atoms with Crippen LogP contribution in [0.4, 0.5) is 0 Å². The van der Waals surface area contributed by atoms with Crippen molar-refractivity contribution in [1.29, 1.82) is 0 Å². The van der Waals surface area contributed by atoms with E-state index in [1.165, 1.54) is 29.6 Å². The van der Waals surface area contributed by atoms with Gasteiger partial charge in [-0.3, -0.25) is 9.59 Å². The van der Waals surface area contributed by atoms with Gasteiger partial charge in [0.2, 0.25) is 15.9 Å². The van der Waals surface area contributed by atoms with Gasteiger partial charge in [0, 0.05) is 26.2 Å². The number of methoxy groups -OCH3 is 1. The lowest BCUT2D eigenvalue weighted by Crippen LogP contribution is -2.40. The topological polar surface area (TPSA) is 96.0 Å². The Balaban J connectivity index is 1.72. The number of ether oxygens (including phenoxy) is 1. The number of nitrogens with one attached hydrogen (secondary N) is 1. The summed E-state index contributed by atoms with van der Waals surface area (Å²) < 4.78 is 33.1. The van der Waals surface area contributed by atoms with Gasteiger partial charge in [0.05, 0.1) is 24.1 Å². The van der Waals surface area contributed by atoms with Gasteiger partial charge in [-0.2, -0.15) is 4.31 Å². The third kappa shape index (κ3) is 6.36. The molecule has 3 rings (SSSR count). The van der Waals surface area contributed by atoms with E-state index in [0.29, 0.717) is 26.2 Å². The van der Waals surface area contributed by atoms with Gasteiger partial charge in [0.15, 0.2) is 0 Å². The molecular weight excluding hydrogens is 454 g/mol. The molecule has 1 aliphatic heterocycles. The second-order valence-corrected chi connectivity index (χ2v) is 10.2. The first kappa shape index (κ1) is 25.7. The Hall–Kier alpha value is -2.91. The Kier molecular flexibility index (Phi) is 9.06. The van der Waals surface area contributed by atoms with Gasteiger partial charge in [0.25, 0.3) is 5.91 Å². The van der Waals surface area contributed by atoms with Gasteiger partial charge >= 0.3 is 0 Å². The fourth-order valence-electron chi connectivity index (χ4n) is 4.00. The van der Waals surface area contributed by atoms with Gasteiger partial charge in [-0.25, -0.2) is 8.42 Å². The van der Waals surface area contributed by atoms with Crippen molar-refractivity contribution >= 4 is 21.8 Å². The van der Waals surface area contributed by atoms with E-state index >= 15 is 0 Å². The van der Waals surface area contributed by atoms with Crippen molar-refractivity contribution in [3.8, 4) is 5.75 Å². The van der Waals surface area contributed by atoms with Gasteiger partial charge in [-0.15, -0.1) is 0 Å². The molecule has 0 aliphatic carbocycles. The number of benzene rings is 2. The summed E-state index contributed by atoms with van der Waals surface area (Å²) in [4.78, 5) is 27.3. The third-order valence-corrected chi connectivity index (χ3v) is 7.86. The SMILES string of the molecule is CCN(Cc1ccccc1)C(=O)CNC(=O)c1cc(S(=O)(=O)N2CCCCCC2)ccc1OC. The van der Waals surface area contributed by atoms with Crippen molar-refractivity contribution in [2.24, 2.45) is 0 Å². The number of sulfonamides is 1. The number of carbonyl (C=O) groups is 2. The number of rotatable bonds is 9. The molecule has 0 aromatic heterocycles. The van der Waals surface area contributed by atoms with E-state index < -0.39 is 15.9 Å². The third-order valence-electron chi connectivity index (χ3n) is 5.97. The Labute approximate surface area is 201 Å². The van der Waals surface area contributed by atoms with Crippen LogP contribution in [-0.4, -0.2) is 62.7 Å². The van der Waals surface area contributed by atoms with E-state index in [9.17, 15) is 18.0 Å². The summed E-state index contributed by atoms with van der Waals surface area (Å²) in [6.45, 7) is 3.56. The van der Waals surface area contributed by atoms with Gasteiger partial charge in [-0.05, 0) is 43.5 Å². The first-order valence-corrected chi connectivity index (χ1v) is 13.1. The van der Waals surface area contributed by atoms with Crippen LogP contribution < -0.4 is 10.1 Å². The summed E-state index contributed by atoms with van der Waals surface area (Å²) in [5.74, 6) is -0.544. The minimum Gasteiger partial charge on any atom is -0.496 e. The van der Waals surface area contributed by atoms with E-state index in [1.807, 2.05) is 37.3 Å². The van der Waals surface area contributed by atoms with Crippen LogP contribution in [0.1, 0.15) is 48.5 Å². The molecule has 1 aliphatic rings. The highest BCUT2D eigenvalue weighted by molar-refractivity contribution is 7.89. The molecule has 0 radical (unpaired) electrons. The fraction of sp³-hybridized carbons (Fsp3) is 0.440. The van der Waals surface area contributed by atoms with Gasteiger partial charge < -0.3 is 15.0 Å². The van der Waals surface area contributed by atoms with Crippen molar-refractivity contribution in [3.63, 3.8) is 0 Å². The maximum absolute atomic E-state index is 13.2. The van der Waals surface area contributed by atoms with Crippen LogP contribution in [0.3, 0.4) is 0 Å². The molecule has 8 nitrogen and oxygen atoms in total. The van der Waals surface area contributed by atoms with Crippen molar-refractivity contribution in [2.45, 2.75) is 44.0 Å². The summed E-state index contributed by atoms with van der Waals surface area (Å²) in [5.41, 5.74) is 1.08. The van der Waals surface area contributed by atoms with E-state index in [4.69, 9.17) is 4.74 Å². The summed E-state index contributed by atoms with van der Waals surface area (Å²) in [5, 5.41) is 2.62. The zero-order chi connectivity index (χ0) is 24.6. The smallest absolute Gasteiger partial charge is 0.255 e. The highest BCUT2D eigenvalue weighted by Gasteiger charge is 2.27. The number of hydrogen-bond donors (Lipinski definition) is 1. The highest BCUT2D eigenvalue weighted by Crippen LogP contribution is 2.26. The van der Waals surface area contributed by atoms with E-state index in [0.717, 1.165) is 31.2 Å². The summed E-state index contributed by atoms with van der Waals surface area (Å²) in [6, 6.07) is 13.9. The van der Waals surface area contributed by atoms with Crippen molar-refractivity contribution < 1.29 is 22.7 Å². The Bertz CT molecular complexity index is 1080. The first-order valence-electron chi connectivity index (χ1n) is 11.6. The molecular formula is C25H33N3O5S. The van der Waals surface area contributed by atoms with E-state index in [-0.39, 0.29) is 28.7 Å². The number of nitrogens with zero attached hydrogens (tertiary/aromatic N) is 2. The van der Waals surface area contributed by atoms with Crippen LogP contribution in [-0.2, 0) is 21.4 Å². The lowest BCUT2D eigenvalue weighted by atomic mass is 10.2. The quantitative estimate of drug-likeness (QED) is 0.587. The zero-order valence-electron chi connectivity index (χ0n) is 19.8. The van der Waals surface area contributed by atoms with E-state index in [2.05, 4.69) is 5.32 Å². The van der Waals surface area contributed by atoms with Crippen molar-refractivity contribution in [1.82, 2.24) is 14.5 Å². The van der Waals surface area contributed by atoms with Crippen molar-refractivity contribution in [2.75, 3.05) is 33.3 Å². The fourth-order valence-corrected chi connectivity index (χ4v) is 5.54. The van der Waals surface area contributed by atoms with Crippen LogP contribution in [0, 0.1) is 0 Å². The Morgan fingerprint density at radius 3 is 2.32 bits per heavy atom. The Morgan fingerprint density at radius 2 is 1.71 bits per heavy atom. The monoisotopic (exact) mass is 487 g/mol. The second kappa shape index (κ2) is 12.0. The summed E-state index contributed by atoms with van der Waals surface area (Å²) in [6.07, 6.45) is 3.66. The average Bonchev–Trinajstić information content (AvgIpc) is 3.16. The molecule has 2 aromatic carbocycles. The molecule has 2 amide bonds. The lowest BCUT2D eigenvalue weighted by molar-refractivity contribution is -0.130. The van der Waals surface area contributed by atoms with Crippen LogP contribution in [0.5, 0.6) is 5.75 Å². The molecule has 0 unspecified atom stereocenters. The van der Waals surface area contributed by atoms with Gasteiger partial charge in [-0.1, -0.05) is 43.2 Å². The van der Waals surface area contributed by atoms with Crippen molar-refractivity contribution in [3.05, 3.63) is 59.7 Å². The normalized spacial score (nSPS) is 14.8. The molecule has 1 saturated heterocycles. The average molecular weight is 488 g/mol. The maximum atomic E-state index is 13.2. The predicted octanol–water partition coefficient (Wildman–Crippen LogP) is 3.04. The Morgan fingerprint density at radius 1 is 1.03 bits per heavy atom. The standard InChI is InChI=1S/C25H33N3O5S/c1-3-27(19-20-11-7-6-8-12-20)24(29)18-26-25(30)22-17-21(13-14-23(22)33-2)34(31,32)28-15-9-4-5-10-16-28/h6-8,11-14,17H,3-5,9-10,15-16,18-19H2,1-2H3,(H,26,30). The minimum absolute atomic E-state index is 0.0472. The number of amides is 2. The molecule has 184 valence electrons. The number of carbonyl (C=O) groups excluding carboxylic acids is 2. The second-order valence-electron chi connectivity index (χ2n) is 8.26. The summed E-state index contributed by atoms with van der Waals surface area (Å²) in [7, 11) is -2.31. The molecule has 1 N–H and O–H groups in total. The molecule has 0 atom stereocenters. The first-order chi connectivity index (χ1) is 16.4. The maximum Gasteiger partial charge on any atom is 0.255 e. The molecule has 2 aromatic rings. The van der Waals surface area contributed by atoms with Crippen LogP contribution in [0.25, 0.3) is 0 Å². The van der Waals surface area contributed by atoms with Crippen LogP contribution in [0.15, 0.2) is 53.4 Å². The molecule has 1 fully saturated rings. The molecule has 34 heavy (non-hydrogen) atoms. The minimum atomic E-state index is -3.73. The number of likely N-dealkylation sites (N-methyl/N-ethyl adjacent to an activating group) is 1. The molecule has 9 heteroatoms. The molecule has 0 spiro atoms. The highest BCUT2D eigenvalue weighted by atomic mass is 32.2. The van der Waals surface area contributed by atoms with Gasteiger partial charge in [0.1, 0.15) is 5.75 Å². The van der Waals surface area contributed by atoms with Crippen LogP contribution in [0.2, 0.25) is 0 Å². The van der Waals surface area contributed by atoms with Crippen LogP contribution >= 0.6 is 0 Å². The predicted molar refractivity (Wildman–Crippen MR) is 130 cm³/mol. The summed E-state index contributed by atoms with van der Waals surface area (Å²) >= 11 is 0. The van der Waals surface area contributed by atoms with E-state index in [1.54, 1.807) is 4.90 Å². The molecule has 0 bridgehead atoms. The molecule has 0 saturated carbocycles. The molecule has 1 heterocycles. The lowest BCUT2D eigenvalue weighted by Gasteiger charge is -2.22. The number of hydrogen-bond acceptors (Lipinski definition) is 5.